The second-order valence-electron chi connectivity index (χ2n) is 3.02. The lowest BCUT2D eigenvalue weighted by Crippen LogP contribution is -2.26. The van der Waals surface area contributed by atoms with Crippen LogP contribution >= 0.6 is 0 Å². The minimum absolute atomic E-state index is 0.265. The number of hydrogen-bond donors (Lipinski definition) is 0. The van der Waals surface area contributed by atoms with Crippen molar-refractivity contribution in [3.05, 3.63) is 12.2 Å². The molecule has 64 valence electrons. The summed E-state index contributed by atoms with van der Waals surface area (Å²) in [6.45, 7) is 3.96. The Bertz CT molecular complexity index is 142. The van der Waals surface area contributed by atoms with E-state index < -0.39 is 0 Å². The van der Waals surface area contributed by atoms with Crippen LogP contribution in [-0.2, 0) is 9.47 Å². The molecule has 2 heteroatoms. The Morgan fingerprint density at radius 1 is 1.27 bits per heavy atom. The van der Waals surface area contributed by atoms with Crippen LogP contribution in [0.1, 0.15) is 19.3 Å². The van der Waals surface area contributed by atoms with Crippen LogP contribution in [0.25, 0.3) is 0 Å². The first-order chi connectivity index (χ1) is 5.27. The van der Waals surface area contributed by atoms with Gasteiger partial charge in [0.15, 0.2) is 0 Å². The van der Waals surface area contributed by atoms with Gasteiger partial charge < -0.3 is 9.47 Å². The maximum absolute atomic E-state index is 5.24. The molecular weight excluding hydrogens is 140 g/mol. The third-order valence-corrected chi connectivity index (χ3v) is 2.31. The van der Waals surface area contributed by atoms with E-state index in [1.54, 1.807) is 14.2 Å². The first kappa shape index (κ1) is 8.75. The lowest BCUT2D eigenvalue weighted by Gasteiger charge is -2.28. The minimum atomic E-state index is 0.265. The number of methoxy groups -OCH3 is 2. The Morgan fingerprint density at radius 2 is 2.00 bits per heavy atom. The average Bonchev–Trinajstić information content (AvgIpc) is 2.04. The molecule has 0 heterocycles. The third-order valence-electron chi connectivity index (χ3n) is 2.31. The number of rotatable bonds is 2. The molecule has 0 radical (unpaired) electrons. The van der Waals surface area contributed by atoms with Crippen molar-refractivity contribution in [1.29, 1.82) is 0 Å². The molecule has 0 spiro atoms. The topological polar surface area (TPSA) is 18.5 Å². The summed E-state index contributed by atoms with van der Waals surface area (Å²) in [5.41, 5.74) is 1.17. The number of hydrogen-bond acceptors (Lipinski definition) is 2. The van der Waals surface area contributed by atoms with Crippen molar-refractivity contribution in [3.63, 3.8) is 0 Å². The van der Waals surface area contributed by atoms with Crippen molar-refractivity contribution in [2.24, 2.45) is 0 Å². The van der Waals surface area contributed by atoms with Crippen molar-refractivity contribution < 1.29 is 9.47 Å². The van der Waals surface area contributed by atoms with Gasteiger partial charge in [0.2, 0.25) is 0 Å². The van der Waals surface area contributed by atoms with Gasteiger partial charge in [0.25, 0.3) is 0 Å². The van der Waals surface area contributed by atoms with Gasteiger partial charge in [-0.15, -0.1) is 0 Å². The molecule has 0 amide bonds. The molecule has 0 aromatic heterocycles. The monoisotopic (exact) mass is 156 g/mol. The Morgan fingerprint density at radius 3 is 2.45 bits per heavy atom. The van der Waals surface area contributed by atoms with Crippen LogP contribution in [-0.4, -0.2) is 26.4 Å². The van der Waals surface area contributed by atoms with Gasteiger partial charge in [-0.1, -0.05) is 6.58 Å². The van der Waals surface area contributed by atoms with Gasteiger partial charge in [-0.3, -0.25) is 0 Å². The van der Waals surface area contributed by atoms with Crippen LogP contribution in [0.5, 0.6) is 0 Å². The normalized spacial score (nSPS) is 32.4. The van der Waals surface area contributed by atoms with Gasteiger partial charge in [0.05, 0.1) is 12.2 Å². The summed E-state index contributed by atoms with van der Waals surface area (Å²) in [6.07, 6.45) is 3.73. The molecule has 1 aliphatic rings. The lowest BCUT2D eigenvalue weighted by atomic mass is 9.91. The highest BCUT2D eigenvalue weighted by molar-refractivity contribution is 5.07. The second kappa shape index (κ2) is 3.88. The zero-order chi connectivity index (χ0) is 8.27. The molecule has 2 nitrogen and oxygen atoms in total. The summed E-state index contributed by atoms with van der Waals surface area (Å²) in [5, 5.41) is 0. The molecular formula is C9H16O2. The fourth-order valence-electron chi connectivity index (χ4n) is 1.55. The molecule has 0 aromatic rings. The van der Waals surface area contributed by atoms with Crippen LogP contribution in [0.4, 0.5) is 0 Å². The van der Waals surface area contributed by atoms with E-state index in [1.165, 1.54) is 5.57 Å². The first-order valence-electron chi connectivity index (χ1n) is 4.01. The van der Waals surface area contributed by atoms with E-state index >= 15 is 0 Å². The van der Waals surface area contributed by atoms with Gasteiger partial charge >= 0.3 is 0 Å². The molecule has 1 saturated carbocycles. The molecule has 0 bridgehead atoms. The fraction of sp³-hybridized carbons (Fsp3) is 0.778. The van der Waals surface area contributed by atoms with E-state index in [0.717, 1.165) is 19.3 Å². The lowest BCUT2D eigenvalue weighted by molar-refractivity contribution is 0.0367. The molecule has 0 aromatic carbocycles. The number of ether oxygens (including phenoxy) is 2. The summed E-state index contributed by atoms with van der Waals surface area (Å²) in [5.74, 6) is 0. The molecule has 1 rings (SSSR count). The maximum atomic E-state index is 5.24. The first-order valence-corrected chi connectivity index (χ1v) is 4.01. The predicted octanol–water partition coefficient (Wildman–Crippen LogP) is 1.76. The van der Waals surface area contributed by atoms with Crippen LogP contribution < -0.4 is 0 Å². The highest BCUT2D eigenvalue weighted by atomic mass is 16.5. The van der Waals surface area contributed by atoms with Gasteiger partial charge in [-0.2, -0.15) is 0 Å². The molecule has 1 aliphatic carbocycles. The Labute approximate surface area is 68.2 Å². The van der Waals surface area contributed by atoms with Gasteiger partial charge in [-0.05, 0) is 24.8 Å². The summed E-state index contributed by atoms with van der Waals surface area (Å²) >= 11 is 0. The average molecular weight is 156 g/mol. The summed E-state index contributed by atoms with van der Waals surface area (Å²) < 4.78 is 10.5. The maximum Gasteiger partial charge on any atom is 0.0780 e. The van der Waals surface area contributed by atoms with Crippen molar-refractivity contribution in [3.8, 4) is 0 Å². The Kier molecular flexibility index (Phi) is 3.09. The largest absolute Gasteiger partial charge is 0.381 e. The zero-order valence-electron chi connectivity index (χ0n) is 7.30. The smallest absolute Gasteiger partial charge is 0.0780 e. The molecule has 11 heavy (non-hydrogen) atoms. The molecule has 1 fully saturated rings. The summed E-state index contributed by atoms with van der Waals surface area (Å²) in [4.78, 5) is 0. The Hall–Kier alpha value is -0.340. The van der Waals surface area contributed by atoms with E-state index in [4.69, 9.17) is 9.47 Å². The van der Waals surface area contributed by atoms with E-state index in [0.29, 0.717) is 6.10 Å². The van der Waals surface area contributed by atoms with Gasteiger partial charge in [0.1, 0.15) is 0 Å². The quantitative estimate of drug-likeness (QED) is 0.567. The zero-order valence-corrected chi connectivity index (χ0v) is 7.30. The van der Waals surface area contributed by atoms with Gasteiger partial charge in [0, 0.05) is 14.2 Å². The second-order valence-corrected chi connectivity index (χ2v) is 3.02. The molecule has 0 saturated heterocycles. The van der Waals surface area contributed by atoms with E-state index in [-0.39, 0.29) is 6.10 Å². The Balaban J connectivity index is 2.41. The van der Waals surface area contributed by atoms with E-state index in [2.05, 4.69) is 6.58 Å². The van der Waals surface area contributed by atoms with Gasteiger partial charge in [-0.25, -0.2) is 0 Å². The highest BCUT2D eigenvalue weighted by Gasteiger charge is 2.23. The fourth-order valence-corrected chi connectivity index (χ4v) is 1.55. The van der Waals surface area contributed by atoms with E-state index in [1.807, 2.05) is 0 Å². The standard InChI is InChI=1S/C9H16O2/c1-7-6-8(10-2)4-5-9(7)11-3/h8-9H,1,4-6H2,2-3H3. The van der Waals surface area contributed by atoms with Crippen LogP contribution in [0.3, 0.4) is 0 Å². The minimum Gasteiger partial charge on any atom is -0.381 e. The van der Waals surface area contributed by atoms with Crippen molar-refractivity contribution in [1.82, 2.24) is 0 Å². The van der Waals surface area contributed by atoms with Crippen molar-refractivity contribution in [2.75, 3.05) is 14.2 Å². The van der Waals surface area contributed by atoms with E-state index in [9.17, 15) is 0 Å². The predicted molar refractivity (Wildman–Crippen MR) is 44.6 cm³/mol. The third kappa shape index (κ3) is 2.04. The summed E-state index contributed by atoms with van der Waals surface area (Å²) in [6, 6.07) is 0. The summed E-state index contributed by atoms with van der Waals surface area (Å²) in [7, 11) is 3.49. The molecule has 2 atom stereocenters. The van der Waals surface area contributed by atoms with Crippen molar-refractivity contribution in [2.45, 2.75) is 31.5 Å². The highest BCUT2D eigenvalue weighted by Crippen LogP contribution is 2.26. The molecule has 2 unspecified atom stereocenters. The van der Waals surface area contributed by atoms with Crippen LogP contribution in [0, 0.1) is 0 Å². The van der Waals surface area contributed by atoms with Crippen LogP contribution in [0.15, 0.2) is 12.2 Å². The van der Waals surface area contributed by atoms with Crippen LogP contribution in [0.2, 0.25) is 0 Å². The SMILES string of the molecule is C=C1CC(OC)CCC1OC. The van der Waals surface area contributed by atoms with Crippen molar-refractivity contribution >= 4 is 0 Å². The molecule has 0 aliphatic heterocycles. The molecule has 0 N–H and O–H groups in total.